The van der Waals surface area contributed by atoms with Crippen molar-refractivity contribution in [3.05, 3.63) is 50.8 Å². The predicted molar refractivity (Wildman–Crippen MR) is 66.2 cm³/mol. The van der Waals surface area contributed by atoms with Gasteiger partial charge in [-0.2, -0.15) is 0 Å². The number of hydrogen-bond acceptors (Lipinski definition) is 4. The molecule has 0 radical (unpaired) electrons. The van der Waals surface area contributed by atoms with Crippen molar-refractivity contribution in [2.45, 2.75) is 6.42 Å². The van der Waals surface area contributed by atoms with Gasteiger partial charge in [0.1, 0.15) is 0 Å². The Morgan fingerprint density at radius 3 is 2.88 bits per heavy atom. The number of nitrogens with zero attached hydrogens (tertiary/aromatic N) is 1. The van der Waals surface area contributed by atoms with Gasteiger partial charge in [0, 0.05) is 23.4 Å². The number of anilines is 1. The maximum Gasteiger partial charge on any atom is 0.308 e. The Hall–Kier alpha value is -1.95. The standard InChI is InChI=1S/C11H11N3O2S/c15-14(16)9-3-4-11(13-8-9)12-6-5-10-2-1-7-17-10/h1-4,7-8H,5-6H2,(H,12,13)/p+1. The molecular formula is C11H12N3O2S+. The zero-order valence-corrected chi connectivity index (χ0v) is 9.87. The monoisotopic (exact) mass is 250 g/mol. The van der Waals surface area contributed by atoms with Crippen LogP contribution in [0.2, 0.25) is 0 Å². The summed E-state index contributed by atoms with van der Waals surface area (Å²) in [6, 6.07) is 7.26. The molecule has 0 saturated heterocycles. The van der Waals surface area contributed by atoms with Crippen LogP contribution in [0.5, 0.6) is 0 Å². The second-order valence-electron chi connectivity index (χ2n) is 3.47. The van der Waals surface area contributed by atoms with Crippen LogP contribution in [0.3, 0.4) is 0 Å². The molecule has 2 heterocycles. The molecular weight excluding hydrogens is 238 g/mol. The summed E-state index contributed by atoms with van der Waals surface area (Å²) in [5.41, 5.74) is 0.0637. The summed E-state index contributed by atoms with van der Waals surface area (Å²) in [6.07, 6.45) is 2.33. The summed E-state index contributed by atoms with van der Waals surface area (Å²) in [4.78, 5) is 14.2. The number of nitro groups is 1. The number of nitrogens with one attached hydrogen (secondary N) is 2. The topological polar surface area (TPSA) is 69.3 Å². The smallest absolute Gasteiger partial charge is 0.274 e. The molecule has 88 valence electrons. The number of pyridine rings is 1. The van der Waals surface area contributed by atoms with Crippen LogP contribution in [0.15, 0.2) is 35.8 Å². The second kappa shape index (κ2) is 5.40. The molecule has 2 aromatic heterocycles. The minimum atomic E-state index is -0.425. The van der Waals surface area contributed by atoms with Crippen molar-refractivity contribution >= 4 is 22.8 Å². The highest BCUT2D eigenvalue weighted by Crippen LogP contribution is 2.10. The van der Waals surface area contributed by atoms with E-state index < -0.39 is 4.92 Å². The van der Waals surface area contributed by atoms with Crippen LogP contribution in [0.4, 0.5) is 11.5 Å². The lowest BCUT2D eigenvalue weighted by molar-refractivity contribution is -0.413. The Morgan fingerprint density at radius 1 is 1.41 bits per heavy atom. The zero-order valence-electron chi connectivity index (χ0n) is 9.05. The maximum atomic E-state index is 10.4. The fourth-order valence-corrected chi connectivity index (χ4v) is 2.12. The third kappa shape index (κ3) is 3.25. The van der Waals surface area contributed by atoms with Crippen molar-refractivity contribution in [2.75, 3.05) is 11.9 Å². The zero-order chi connectivity index (χ0) is 12.1. The molecule has 0 aliphatic carbocycles. The first-order valence-corrected chi connectivity index (χ1v) is 6.06. The molecule has 0 unspecified atom stereocenters. The number of rotatable bonds is 5. The van der Waals surface area contributed by atoms with E-state index in [0.29, 0.717) is 0 Å². The lowest BCUT2D eigenvalue weighted by atomic mass is 10.3. The molecule has 2 aromatic rings. The van der Waals surface area contributed by atoms with Gasteiger partial charge < -0.3 is 0 Å². The molecule has 0 spiro atoms. The molecule has 0 saturated carbocycles. The Labute approximate surface area is 102 Å². The maximum absolute atomic E-state index is 10.4. The van der Waals surface area contributed by atoms with Gasteiger partial charge in [-0.05, 0) is 11.4 Å². The Balaban J connectivity index is 1.85. The first kappa shape index (κ1) is 11.5. The van der Waals surface area contributed by atoms with Gasteiger partial charge in [0.2, 0.25) is 0 Å². The number of H-pyrrole nitrogens is 1. The number of hydrogen-bond donors (Lipinski definition) is 1. The van der Waals surface area contributed by atoms with E-state index >= 15 is 0 Å². The highest BCUT2D eigenvalue weighted by Gasteiger charge is 2.08. The van der Waals surface area contributed by atoms with E-state index in [2.05, 4.69) is 16.4 Å². The lowest BCUT2D eigenvalue weighted by Crippen LogP contribution is -2.15. The largest absolute Gasteiger partial charge is 0.308 e. The molecule has 2 N–H and O–H groups in total. The number of aromatic nitrogens is 1. The van der Waals surface area contributed by atoms with E-state index in [1.165, 1.54) is 17.1 Å². The van der Waals surface area contributed by atoms with Crippen molar-refractivity contribution in [2.24, 2.45) is 0 Å². The fourth-order valence-electron chi connectivity index (χ4n) is 1.42. The SMILES string of the molecule is O=[N+]([O-])c1ccc(NCCc2cccs2)[nH+]c1. The van der Waals surface area contributed by atoms with Gasteiger partial charge in [-0.25, -0.2) is 4.98 Å². The quantitative estimate of drug-likeness (QED) is 0.652. The molecule has 0 fully saturated rings. The molecule has 5 nitrogen and oxygen atoms in total. The van der Waals surface area contributed by atoms with Crippen LogP contribution in [0.25, 0.3) is 0 Å². The van der Waals surface area contributed by atoms with E-state index in [4.69, 9.17) is 0 Å². The fraction of sp³-hybridized carbons (Fsp3) is 0.182. The second-order valence-corrected chi connectivity index (χ2v) is 4.51. The van der Waals surface area contributed by atoms with Crippen LogP contribution in [-0.4, -0.2) is 11.5 Å². The molecule has 0 aliphatic rings. The van der Waals surface area contributed by atoms with Gasteiger partial charge in [0.15, 0.2) is 6.20 Å². The molecule has 17 heavy (non-hydrogen) atoms. The highest BCUT2D eigenvalue weighted by molar-refractivity contribution is 7.09. The number of aromatic amines is 1. The molecule has 0 atom stereocenters. The van der Waals surface area contributed by atoms with Crippen LogP contribution in [-0.2, 0) is 6.42 Å². The third-order valence-electron chi connectivity index (χ3n) is 2.27. The van der Waals surface area contributed by atoms with Crippen LogP contribution in [0.1, 0.15) is 4.88 Å². The minimum Gasteiger partial charge on any atom is -0.274 e. The normalized spacial score (nSPS) is 10.1. The summed E-state index contributed by atoms with van der Waals surface area (Å²) in [7, 11) is 0. The summed E-state index contributed by atoms with van der Waals surface area (Å²) in [6.45, 7) is 0.800. The Bertz CT molecular complexity index is 482. The van der Waals surface area contributed by atoms with Crippen molar-refractivity contribution in [3.8, 4) is 0 Å². The van der Waals surface area contributed by atoms with Crippen LogP contribution >= 0.6 is 11.3 Å². The van der Waals surface area contributed by atoms with Crippen molar-refractivity contribution in [3.63, 3.8) is 0 Å². The minimum absolute atomic E-state index is 0.0637. The average Bonchev–Trinajstić information content (AvgIpc) is 2.83. The molecule has 0 aliphatic heterocycles. The van der Waals surface area contributed by atoms with E-state index in [-0.39, 0.29) is 5.69 Å². The molecule has 2 rings (SSSR count). The van der Waals surface area contributed by atoms with Crippen LogP contribution < -0.4 is 10.3 Å². The van der Waals surface area contributed by atoms with Crippen molar-refractivity contribution < 1.29 is 9.91 Å². The third-order valence-corrected chi connectivity index (χ3v) is 3.21. The van der Waals surface area contributed by atoms with Gasteiger partial charge in [0.25, 0.3) is 5.82 Å². The molecule has 0 bridgehead atoms. The van der Waals surface area contributed by atoms with Gasteiger partial charge >= 0.3 is 5.69 Å². The number of thiophene rings is 1. The van der Waals surface area contributed by atoms with E-state index in [1.807, 2.05) is 11.4 Å². The van der Waals surface area contributed by atoms with E-state index in [9.17, 15) is 10.1 Å². The first-order chi connectivity index (χ1) is 8.25. The Morgan fingerprint density at radius 2 is 2.29 bits per heavy atom. The van der Waals surface area contributed by atoms with Gasteiger partial charge in [-0.3, -0.25) is 15.4 Å². The highest BCUT2D eigenvalue weighted by atomic mass is 32.1. The lowest BCUT2D eigenvalue weighted by Gasteiger charge is -1.97. The van der Waals surface area contributed by atoms with Crippen LogP contribution in [0, 0.1) is 10.1 Å². The van der Waals surface area contributed by atoms with E-state index in [1.54, 1.807) is 17.4 Å². The van der Waals surface area contributed by atoms with Crippen molar-refractivity contribution in [1.29, 1.82) is 0 Å². The Kier molecular flexibility index (Phi) is 3.66. The molecule has 6 heteroatoms. The molecule has 0 amide bonds. The van der Waals surface area contributed by atoms with E-state index in [0.717, 1.165) is 18.8 Å². The van der Waals surface area contributed by atoms with Gasteiger partial charge in [-0.15, -0.1) is 11.3 Å². The average molecular weight is 250 g/mol. The van der Waals surface area contributed by atoms with Gasteiger partial charge in [0.05, 0.1) is 11.5 Å². The summed E-state index contributed by atoms with van der Waals surface area (Å²) < 4.78 is 0. The predicted octanol–water partition coefficient (Wildman–Crippen LogP) is 2.12. The van der Waals surface area contributed by atoms with Crippen molar-refractivity contribution in [1.82, 2.24) is 0 Å². The van der Waals surface area contributed by atoms with Gasteiger partial charge in [-0.1, -0.05) is 6.07 Å². The molecule has 0 aromatic carbocycles. The summed E-state index contributed by atoms with van der Waals surface area (Å²) >= 11 is 1.72. The summed E-state index contributed by atoms with van der Waals surface area (Å²) in [5, 5.41) is 15.7. The summed E-state index contributed by atoms with van der Waals surface area (Å²) in [5.74, 6) is 0.784. The first-order valence-electron chi connectivity index (χ1n) is 5.18.